The normalized spacial score (nSPS) is 10.4. The first kappa shape index (κ1) is 10.7. The molecule has 0 amide bonds. The lowest BCUT2D eigenvalue weighted by Gasteiger charge is -2.03. The van der Waals surface area contributed by atoms with Gasteiger partial charge in [-0.25, -0.2) is 0 Å². The van der Waals surface area contributed by atoms with E-state index in [1.54, 1.807) is 0 Å². The average Bonchev–Trinajstić information content (AvgIpc) is 2.71. The monoisotopic (exact) mass is 215 g/mol. The predicted octanol–water partition coefficient (Wildman–Crippen LogP) is 3.13. The van der Waals surface area contributed by atoms with Gasteiger partial charge in [-0.15, -0.1) is 0 Å². The second kappa shape index (κ2) is 4.39. The summed E-state index contributed by atoms with van der Waals surface area (Å²) in [5.41, 5.74) is 4.81. The molecule has 0 unspecified atom stereocenters. The zero-order valence-corrected chi connectivity index (χ0v) is 9.96. The molecule has 84 valence electrons. The van der Waals surface area contributed by atoms with E-state index in [1.165, 1.54) is 16.7 Å². The molecule has 0 saturated heterocycles. The fraction of sp³-hybridized carbons (Fsp3) is 0.308. The highest BCUT2D eigenvalue weighted by molar-refractivity contribution is 5.66. The van der Waals surface area contributed by atoms with Gasteiger partial charge in [0.25, 0.3) is 0 Å². The zero-order valence-electron chi connectivity index (χ0n) is 9.96. The molecular weight excluding hydrogens is 198 g/mol. The molecule has 16 heavy (non-hydrogen) atoms. The summed E-state index contributed by atoms with van der Waals surface area (Å²) in [7, 11) is 0. The first-order valence-corrected chi connectivity index (χ1v) is 5.57. The molecule has 2 N–H and O–H groups in total. The van der Waals surface area contributed by atoms with Crippen LogP contribution in [0.4, 0.5) is 5.82 Å². The van der Waals surface area contributed by atoms with Gasteiger partial charge in [0.2, 0.25) is 0 Å². The summed E-state index contributed by atoms with van der Waals surface area (Å²) in [4.78, 5) is 0. The maximum Gasteiger partial charge on any atom is 0.148 e. The molecule has 1 heterocycles. The van der Waals surface area contributed by atoms with Crippen molar-refractivity contribution in [1.29, 1.82) is 0 Å². The molecule has 3 nitrogen and oxygen atoms in total. The van der Waals surface area contributed by atoms with Gasteiger partial charge in [0, 0.05) is 18.2 Å². The van der Waals surface area contributed by atoms with Crippen molar-refractivity contribution in [2.24, 2.45) is 0 Å². The number of rotatable bonds is 3. The second-order valence-corrected chi connectivity index (χ2v) is 4.02. The van der Waals surface area contributed by atoms with Gasteiger partial charge in [0.1, 0.15) is 5.82 Å². The minimum Gasteiger partial charge on any atom is -0.369 e. The third-order valence-corrected chi connectivity index (χ3v) is 2.62. The number of hydrogen-bond donors (Lipinski definition) is 2. The molecule has 0 aliphatic carbocycles. The van der Waals surface area contributed by atoms with Crippen molar-refractivity contribution in [1.82, 2.24) is 10.2 Å². The molecule has 1 aromatic carbocycles. The standard InChI is InChI=1S/C13H17N3/c1-4-14-13-8-12(15-16-13)11-7-9(2)5-6-10(11)3/h5-8H,4H2,1-3H3,(H2,14,15,16). The first-order chi connectivity index (χ1) is 7.70. The van der Waals surface area contributed by atoms with E-state index >= 15 is 0 Å². The maximum atomic E-state index is 4.22. The second-order valence-electron chi connectivity index (χ2n) is 4.02. The van der Waals surface area contributed by atoms with Crippen LogP contribution in [0.5, 0.6) is 0 Å². The Labute approximate surface area is 95.9 Å². The van der Waals surface area contributed by atoms with Gasteiger partial charge in [-0.1, -0.05) is 17.7 Å². The molecule has 0 saturated carbocycles. The smallest absolute Gasteiger partial charge is 0.148 e. The summed E-state index contributed by atoms with van der Waals surface area (Å²) in [5.74, 6) is 0.901. The maximum absolute atomic E-state index is 4.22. The van der Waals surface area contributed by atoms with Crippen molar-refractivity contribution in [3.63, 3.8) is 0 Å². The van der Waals surface area contributed by atoms with Crippen LogP contribution in [-0.2, 0) is 0 Å². The number of anilines is 1. The lowest BCUT2D eigenvalue weighted by Crippen LogP contribution is -1.95. The van der Waals surface area contributed by atoms with Crippen LogP contribution in [0.2, 0.25) is 0 Å². The quantitative estimate of drug-likeness (QED) is 0.825. The van der Waals surface area contributed by atoms with Crippen LogP contribution in [-0.4, -0.2) is 16.7 Å². The van der Waals surface area contributed by atoms with Gasteiger partial charge >= 0.3 is 0 Å². The number of aromatic amines is 1. The van der Waals surface area contributed by atoms with Crippen LogP contribution >= 0.6 is 0 Å². The molecule has 3 heteroatoms. The summed E-state index contributed by atoms with van der Waals surface area (Å²) in [5, 5.41) is 10.5. The van der Waals surface area contributed by atoms with Crippen molar-refractivity contribution in [3.05, 3.63) is 35.4 Å². The van der Waals surface area contributed by atoms with E-state index in [-0.39, 0.29) is 0 Å². The fourth-order valence-electron chi connectivity index (χ4n) is 1.76. The van der Waals surface area contributed by atoms with E-state index < -0.39 is 0 Å². The lowest BCUT2D eigenvalue weighted by molar-refractivity contribution is 1.07. The number of nitrogens with zero attached hydrogens (tertiary/aromatic N) is 1. The molecule has 0 fully saturated rings. The van der Waals surface area contributed by atoms with Crippen molar-refractivity contribution < 1.29 is 0 Å². The highest BCUT2D eigenvalue weighted by atomic mass is 15.2. The molecule has 0 aliphatic rings. The minimum absolute atomic E-state index is 0.886. The number of hydrogen-bond acceptors (Lipinski definition) is 2. The highest BCUT2D eigenvalue weighted by Crippen LogP contribution is 2.24. The van der Waals surface area contributed by atoms with Crippen molar-refractivity contribution in [3.8, 4) is 11.3 Å². The third-order valence-electron chi connectivity index (χ3n) is 2.62. The Morgan fingerprint density at radius 3 is 2.81 bits per heavy atom. The molecule has 2 aromatic rings. The van der Waals surface area contributed by atoms with E-state index in [0.717, 1.165) is 18.1 Å². The van der Waals surface area contributed by atoms with Crippen molar-refractivity contribution in [2.75, 3.05) is 11.9 Å². The van der Waals surface area contributed by atoms with Crippen molar-refractivity contribution >= 4 is 5.82 Å². The van der Waals surface area contributed by atoms with Gasteiger partial charge in [-0.05, 0) is 32.4 Å². The minimum atomic E-state index is 0.886. The summed E-state index contributed by atoms with van der Waals surface area (Å²) in [6, 6.07) is 8.49. The van der Waals surface area contributed by atoms with E-state index in [1.807, 2.05) is 6.07 Å². The van der Waals surface area contributed by atoms with Crippen molar-refractivity contribution in [2.45, 2.75) is 20.8 Å². The number of nitrogens with one attached hydrogen (secondary N) is 2. The number of aryl methyl sites for hydroxylation is 2. The Hall–Kier alpha value is -1.77. The number of aromatic nitrogens is 2. The van der Waals surface area contributed by atoms with E-state index in [4.69, 9.17) is 0 Å². The molecule has 0 bridgehead atoms. The molecule has 1 aromatic heterocycles. The van der Waals surface area contributed by atoms with Gasteiger partial charge < -0.3 is 5.32 Å². The SMILES string of the molecule is CCNc1cc(-c2cc(C)ccc2C)[nH]n1. The van der Waals surface area contributed by atoms with E-state index in [0.29, 0.717) is 0 Å². The summed E-state index contributed by atoms with van der Waals surface area (Å²) in [6.07, 6.45) is 0. The topological polar surface area (TPSA) is 40.7 Å². The highest BCUT2D eigenvalue weighted by Gasteiger charge is 2.05. The lowest BCUT2D eigenvalue weighted by atomic mass is 10.0. The van der Waals surface area contributed by atoms with Crippen LogP contribution < -0.4 is 5.32 Å². The zero-order chi connectivity index (χ0) is 11.5. The van der Waals surface area contributed by atoms with Crippen LogP contribution in [0.15, 0.2) is 24.3 Å². The largest absolute Gasteiger partial charge is 0.369 e. The van der Waals surface area contributed by atoms with Crippen LogP contribution in [0, 0.1) is 13.8 Å². The Bertz CT molecular complexity index is 486. The fourth-order valence-corrected chi connectivity index (χ4v) is 1.76. The van der Waals surface area contributed by atoms with Crippen LogP contribution in [0.25, 0.3) is 11.3 Å². The molecule has 0 spiro atoms. The summed E-state index contributed by atoms with van der Waals surface area (Å²) < 4.78 is 0. The van der Waals surface area contributed by atoms with Gasteiger partial charge in [0.15, 0.2) is 0 Å². The summed E-state index contributed by atoms with van der Waals surface area (Å²) >= 11 is 0. The van der Waals surface area contributed by atoms with E-state index in [9.17, 15) is 0 Å². The average molecular weight is 215 g/mol. The molecular formula is C13H17N3. The molecule has 0 radical (unpaired) electrons. The van der Waals surface area contributed by atoms with Gasteiger partial charge in [0.05, 0.1) is 5.69 Å². The molecule has 0 atom stereocenters. The van der Waals surface area contributed by atoms with E-state index in [2.05, 4.69) is 54.5 Å². The summed E-state index contributed by atoms with van der Waals surface area (Å²) in [6.45, 7) is 7.16. The Balaban J connectivity index is 2.38. The predicted molar refractivity (Wildman–Crippen MR) is 67.7 cm³/mol. The molecule has 0 aliphatic heterocycles. The van der Waals surface area contributed by atoms with Gasteiger partial charge in [-0.3, -0.25) is 5.10 Å². The Morgan fingerprint density at radius 1 is 1.25 bits per heavy atom. The Kier molecular flexibility index (Phi) is 2.95. The third kappa shape index (κ3) is 2.08. The number of benzene rings is 1. The van der Waals surface area contributed by atoms with Gasteiger partial charge in [-0.2, -0.15) is 5.10 Å². The Morgan fingerprint density at radius 2 is 2.06 bits per heavy atom. The first-order valence-electron chi connectivity index (χ1n) is 5.57. The van der Waals surface area contributed by atoms with Crippen LogP contribution in [0.1, 0.15) is 18.1 Å². The number of H-pyrrole nitrogens is 1. The molecule has 2 rings (SSSR count). The van der Waals surface area contributed by atoms with Crippen LogP contribution in [0.3, 0.4) is 0 Å².